The molecule has 0 aliphatic heterocycles. The number of nitrogens with zero attached hydrogens (tertiary/aromatic N) is 3. The predicted molar refractivity (Wildman–Crippen MR) is 110 cm³/mol. The van der Waals surface area contributed by atoms with Gasteiger partial charge in [0.25, 0.3) is 11.8 Å². The van der Waals surface area contributed by atoms with E-state index in [0.717, 1.165) is 11.1 Å². The van der Waals surface area contributed by atoms with Crippen molar-refractivity contribution in [2.24, 2.45) is 0 Å². The fraction of sp³-hybridized carbons (Fsp3) is 0.143. The van der Waals surface area contributed by atoms with Gasteiger partial charge in [0.2, 0.25) is 0 Å². The van der Waals surface area contributed by atoms with Crippen molar-refractivity contribution < 1.29 is 23.6 Å². The molecule has 0 aliphatic rings. The zero-order valence-electron chi connectivity index (χ0n) is 16.0. The SMILES string of the molecule is Cc1cc(Br)c(O)c(C(=O)OCc2nnc(-c3c(-c4ccccc4)noc3C)o2)c1. The van der Waals surface area contributed by atoms with Crippen LogP contribution in [0.4, 0.5) is 0 Å². The maximum absolute atomic E-state index is 12.4. The fourth-order valence-corrected chi connectivity index (χ4v) is 3.50. The van der Waals surface area contributed by atoms with Gasteiger partial charge in [-0.1, -0.05) is 35.5 Å². The van der Waals surface area contributed by atoms with Crippen molar-refractivity contribution in [3.63, 3.8) is 0 Å². The van der Waals surface area contributed by atoms with Crippen LogP contribution in [0.5, 0.6) is 5.75 Å². The van der Waals surface area contributed by atoms with Crippen molar-refractivity contribution in [3.05, 3.63) is 69.7 Å². The van der Waals surface area contributed by atoms with Crippen LogP contribution >= 0.6 is 15.9 Å². The molecule has 0 atom stereocenters. The Morgan fingerprint density at radius 2 is 1.93 bits per heavy atom. The van der Waals surface area contributed by atoms with Gasteiger partial charge in [-0.05, 0) is 47.5 Å². The van der Waals surface area contributed by atoms with Gasteiger partial charge in [-0.15, -0.1) is 10.2 Å². The van der Waals surface area contributed by atoms with Gasteiger partial charge < -0.3 is 18.8 Å². The highest BCUT2D eigenvalue weighted by atomic mass is 79.9. The summed E-state index contributed by atoms with van der Waals surface area (Å²) in [6.07, 6.45) is 0. The summed E-state index contributed by atoms with van der Waals surface area (Å²) in [6, 6.07) is 12.7. The summed E-state index contributed by atoms with van der Waals surface area (Å²) in [7, 11) is 0. The van der Waals surface area contributed by atoms with Crippen LogP contribution in [0.25, 0.3) is 22.7 Å². The van der Waals surface area contributed by atoms with Gasteiger partial charge in [-0.2, -0.15) is 0 Å². The largest absolute Gasteiger partial charge is 0.506 e. The molecule has 0 aliphatic carbocycles. The number of hydrogen-bond donors (Lipinski definition) is 1. The molecule has 8 nitrogen and oxygen atoms in total. The van der Waals surface area contributed by atoms with E-state index in [1.807, 2.05) is 30.3 Å². The van der Waals surface area contributed by atoms with Gasteiger partial charge in [0.15, 0.2) is 6.61 Å². The molecule has 2 heterocycles. The minimum atomic E-state index is -0.706. The monoisotopic (exact) mass is 469 g/mol. The van der Waals surface area contributed by atoms with Crippen LogP contribution < -0.4 is 0 Å². The molecule has 9 heteroatoms. The van der Waals surface area contributed by atoms with Crippen LogP contribution in [0.15, 0.2) is 55.9 Å². The number of ether oxygens (including phenoxy) is 1. The van der Waals surface area contributed by atoms with Crippen molar-refractivity contribution in [2.75, 3.05) is 0 Å². The quantitative estimate of drug-likeness (QED) is 0.413. The molecule has 0 bridgehead atoms. The smallest absolute Gasteiger partial charge is 0.342 e. The Morgan fingerprint density at radius 1 is 1.17 bits per heavy atom. The van der Waals surface area contributed by atoms with Crippen LogP contribution in [0.2, 0.25) is 0 Å². The van der Waals surface area contributed by atoms with Crippen LogP contribution in [0, 0.1) is 13.8 Å². The van der Waals surface area contributed by atoms with E-state index in [1.165, 1.54) is 6.07 Å². The predicted octanol–water partition coefficient (Wildman–Crippen LogP) is 4.83. The Bertz CT molecular complexity index is 1220. The summed E-state index contributed by atoms with van der Waals surface area (Å²) in [5.41, 5.74) is 2.84. The van der Waals surface area contributed by atoms with Gasteiger partial charge >= 0.3 is 5.97 Å². The molecule has 4 rings (SSSR count). The summed E-state index contributed by atoms with van der Waals surface area (Å²) in [6.45, 7) is 3.30. The van der Waals surface area contributed by atoms with Crippen LogP contribution in [-0.2, 0) is 11.3 Å². The molecular formula is C21H16BrN3O5. The first-order valence-corrected chi connectivity index (χ1v) is 9.74. The molecule has 0 spiro atoms. The van der Waals surface area contributed by atoms with E-state index in [1.54, 1.807) is 19.9 Å². The van der Waals surface area contributed by atoms with E-state index >= 15 is 0 Å². The van der Waals surface area contributed by atoms with Crippen molar-refractivity contribution in [1.29, 1.82) is 0 Å². The Hall–Kier alpha value is -3.46. The lowest BCUT2D eigenvalue weighted by Crippen LogP contribution is -2.06. The Labute approximate surface area is 179 Å². The molecule has 2 aromatic carbocycles. The summed E-state index contributed by atoms with van der Waals surface area (Å²) < 4.78 is 16.6. The third-order valence-electron chi connectivity index (χ3n) is 4.35. The number of carbonyl (C=O) groups is 1. The summed E-state index contributed by atoms with van der Waals surface area (Å²) in [4.78, 5) is 12.4. The number of aryl methyl sites for hydroxylation is 2. The Morgan fingerprint density at radius 3 is 2.70 bits per heavy atom. The van der Waals surface area contributed by atoms with E-state index in [-0.39, 0.29) is 29.7 Å². The van der Waals surface area contributed by atoms with Crippen molar-refractivity contribution in [3.8, 4) is 28.5 Å². The lowest BCUT2D eigenvalue weighted by atomic mass is 10.1. The van der Waals surface area contributed by atoms with E-state index in [2.05, 4.69) is 31.3 Å². The normalized spacial score (nSPS) is 10.9. The van der Waals surface area contributed by atoms with Gasteiger partial charge in [0.05, 0.1) is 4.47 Å². The number of phenolic OH excluding ortho intramolecular Hbond substituents is 1. The van der Waals surface area contributed by atoms with Crippen LogP contribution in [0.3, 0.4) is 0 Å². The second-order valence-corrected chi connectivity index (χ2v) is 7.40. The second kappa shape index (κ2) is 8.11. The van der Waals surface area contributed by atoms with Gasteiger partial charge in [-0.25, -0.2) is 4.79 Å². The molecule has 0 fully saturated rings. The molecule has 0 saturated heterocycles. The molecule has 0 amide bonds. The number of halogens is 1. The maximum atomic E-state index is 12.4. The summed E-state index contributed by atoms with van der Waals surface area (Å²) in [5, 5.41) is 22.1. The fourth-order valence-electron chi connectivity index (χ4n) is 2.93. The number of aromatic hydroxyl groups is 1. The van der Waals surface area contributed by atoms with E-state index in [9.17, 15) is 9.90 Å². The highest BCUT2D eigenvalue weighted by Gasteiger charge is 2.23. The summed E-state index contributed by atoms with van der Waals surface area (Å²) in [5.74, 6) is -0.0632. The van der Waals surface area contributed by atoms with Gasteiger partial charge in [0.1, 0.15) is 28.3 Å². The highest BCUT2D eigenvalue weighted by Crippen LogP contribution is 2.33. The molecule has 152 valence electrons. The Balaban J connectivity index is 1.54. The zero-order chi connectivity index (χ0) is 21.3. The summed E-state index contributed by atoms with van der Waals surface area (Å²) >= 11 is 3.21. The van der Waals surface area contributed by atoms with E-state index in [4.69, 9.17) is 13.7 Å². The van der Waals surface area contributed by atoms with Crippen molar-refractivity contribution in [2.45, 2.75) is 20.5 Å². The third-order valence-corrected chi connectivity index (χ3v) is 4.95. The lowest BCUT2D eigenvalue weighted by Gasteiger charge is -2.07. The number of rotatable bonds is 5. The number of aromatic nitrogens is 3. The first-order chi connectivity index (χ1) is 14.4. The van der Waals surface area contributed by atoms with E-state index < -0.39 is 5.97 Å². The molecule has 30 heavy (non-hydrogen) atoms. The third kappa shape index (κ3) is 3.84. The maximum Gasteiger partial charge on any atom is 0.342 e. The second-order valence-electron chi connectivity index (χ2n) is 6.55. The number of carbonyl (C=O) groups excluding carboxylic acids is 1. The molecule has 2 aromatic heterocycles. The average Bonchev–Trinajstić information content (AvgIpc) is 3.35. The Kier molecular flexibility index (Phi) is 5.37. The molecule has 1 N–H and O–H groups in total. The molecular weight excluding hydrogens is 454 g/mol. The van der Waals surface area contributed by atoms with Crippen molar-refractivity contribution in [1.82, 2.24) is 15.4 Å². The lowest BCUT2D eigenvalue weighted by molar-refractivity contribution is 0.0435. The number of esters is 1. The minimum absolute atomic E-state index is 0.0443. The number of benzene rings is 2. The first-order valence-electron chi connectivity index (χ1n) is 8.94. The standard InChI is InChI=1S/C21H16BrN3O5/c1-11-8-14(19(26)15(22)9-11)21(27)28-10-16-23-24-20(29-16)17-12(2)30-25-18(17)13-6-4-3-5-7-13/h3-9,26H,10H2,1-2H3. The number of hydrogen-bond acceptors (Lipinski definition) is 8. The molecule has 0 saturated carbocycles. The molecule has 4 aromatic rings. The minimum Gasteiger partial charge on any atom is -0.506 e. The van der Waals surface area contributed by atoms with Crippen LogP contribution in [0.1, 0.15) is 27.6 Å². The van der Waals surface area contributed by atoms with Gasteiger partial charge in [0, 0.05) is 5.56 Å². The first kappa shape index (κ1) is 19.8. The topological polar surface area (TPSA) is 111 Å². The zero-order valence-corrected chi connectivity index (χ0v) is 17.6. The van der Waals surface area contributed by atoms with Crippen molar-refractivity contribution >= 4 is 21.9 Å². The van der Waals surface area contributed by atoms with Gasteiger partial charge in [-0.3, -0.25) is 0 Å². The van der Waals surface area contributed by atoms with E-state index in [0.29, 0.717) is 21.5 Å². The average molecular weight is 470 g/mol. The highest BCUT2D eigenvalue weighted by molar-refractivity contribution is 9.10. The molecule has 0 unspecified atom stereocenters. The number of phenols is 1. The molecule has 0 radical (unpaired) electrons. The van der Waals surface area contributed by atoms with Crippen LogP contribution in [-0.4, -0.2) is 26.4 Å².